The second-order valence-electron chi connectivity index (χ2n) is 4.53. The lowest BCUT2D eigenvalue weighted by Gasteiger charge is -2.12. The van der Waals surface area contributed by atoms with Gasteiger partial charge in [0.05, 0.1) is 0 Å². The number of carbonyl (C=O) groups is 1. The highest BCUT2D eigenvalue weighted by Crippen LogP contribution is 2.16. The number of nitrogens with zero attached hydrogens (tertiary/aromatic N) is 1. The Kier molecular flexibility index (Phi) is 5.56. The van der Waals surface area contributed by atoms with Crippen LogP contribution >= 0.6 is 11.8 Å². The average molecular weight is 251 g/mol. The third-order valence-electron chi connectivity index (χ3n) is 2.49. The summed E-state index contributed by atoms with van der Waals surface area (Å²) in [5.41, 5.74) is 1.94. The van der Waals surface area contributed by atoms with Crippen LogP contribution in [0.3, 0.4) is 0 Å². The lowest BCUT2D eigenvalue weighted by atomic mass is 10.1. The van der Waals surface area contributed by atoms with Crippen LogP contribution < -0.4 is 4.90 Å². The molecule has 0 saturated carbocycles. The summed E-state index contributed by atoms with van der Waals surface area (Å²) in [5.74, 6) is 1.15. The number of thioether (sulfide) groups is 1. The third kappa shape index (κ3) is 4.82. The summed E-state index contributed by atoms with van der Waals surface area (Å²) in [7, 11) is 3.99. The number of hydrogen-bond donors (Lipinski definition) is 0. The molecule has 1 aromatic rings. The van der Waals surface area contributed by atoms with E-state index in [9.17, 15) is 4.79 Å². The first kappa shape index (κ1) is 14.1. The fraction of sp³-hybridized carbons (Fsp3) is 0.500. The summed E-state index contributed by atoms with van der Waals surface area (Å²) in [5, 5.41) is 0.596. The number of anilines is 1. The van der Waals surface area contributed by atoms with Crippen molar-refractivity contribution >= 4 is 23.2 Å². The van der Waals surface area contributed by atoms with E-state index in [0.717, 1.165) is 17.0 Å². The van der Waals surface area contributed by atoms with Gasteiger partial charge in [0.25, 0.3) is 0 Å². The number of rotatable bonds is 6. The van der Waals surface area contributed by atoms with Crippen molar-refractivity contribution in [3.63, 3.8) is 0 Å². The number of Topliss-reactive ketones (excluding diaryl/α,β-unsaturated/α-hetero) is 1. The van der Waals surface area contributed by atoms with Crippen molar-refractivity contribution in [2.75, 3.05) is 24.7 Å². The maximum Gasteiger partial charge on any atom is 0.163 e. The van der Waals surface area contributed by atoms with E-state index in [1.165, 1.54) is 0 Å². The summed E-state index contributed by atoms with van der Waals surface area (Å²) >= 11 is 1.83. The lowest BCUT2D eigenvalue weighted by molar-refractivity contribution is 0.0989. The molecule has 0 aliphatic carbocycles. The molecule has 94 valence electrons. The van der Waals surface area contributed by atoms with Crippen LogP contribution in [0.1, 0.15) is 30.6 Å². The van der Waals surface area contributed by atoms with Crippen molar-refractivity contribution in [3.8, 4) is 0 Å². The lowest BCUT2D eigenvalue weighted by Crippen LogP contribution is -2.09. The van der Waals surface area contributed by atoms with E-state index in [1.807, 2.05) is 55.0 Å². The molecule has 0 atom stereocenters. The van der Waals surface area contributed by atoms with Crippen molar-refractivity contribution < 1.29 is 4.79 Å². The number of carbonyl (C=O) groups excluding carboxylic acids is 1. The Hall–Kier alpha value is -0.960. The van der Waals surface area contributed by atoms with Gasteiger partial charge in [0, 0.05) is 37.5 Å². The zero-order chi connectivity index (χ0) is 12.8. The normalized spacial score (nSPS) is 10.6. The summed E-state index contributed by atoms with van der Waals surface area (Å²) in [6.45, 7) is 4.31. The van der Waals surface area contributed by atoms with Crippen LogP contribution in [-0.4, -0.2) is 30.9 Å². The van der Waals surface area contributed by atoms with Crippen LogP contribution in [0.5, 0.6) is 0 Å². The van der Waals surface area contributed by atoms with Gasteiger partial charge in [-0.05, 0) is 29.5 Å². The van der Waals surface area contributed by atoms with Crippen LogP contribution in [0.2, 0.25) is 0 Å². The Balaban J connectivity index is 2.52. The highest BCUT2D eigenvalue weighted by atomic mass is 32.2. The first-order valence-electron chi connectivity index (χ1n) is 5.93. The number of benzene rings is 1. The molecule has 0 bridgehead atoms. The van der Waals surface area contributed by atoms with Gasteiger partial charge >= 0.3 is 0 Å². The van der Waals surface area contributed by atoms with Crippen molar-refractivity contribution in [2.24, 2.45) is 0 Å². The Morgan fingerprint density at radius 2 is 1.82 bits per heavy atom. The highest BCUT2D eigenvalue weighted by Gasteiger charge is 2.06. The van der Waals surface area contributed by atoms with E-state index in [0.29, 0.717) is 11.7 Å². The number of ketones is 1. The van der Waals surface area contributed by atoms with E-state index in [1.54, 1.807) is 0 Å². The molecule has 0 fully saturated rings. The first-order chi connectivity index (χ1) is 8.00. The van der Waals surface area contributed by atoms with Crippen LogP contribution in [-0.2, 0) is 0 Å². The van der Waals surface area contributed by atoms with Gasteiger partial charge in [-0.3, -0.25) is 4.79 Å². The minimum atomic E-state index is 0.239. The van der Waals surface area contributed by atoms with Gasteiger partial charge in [-0.25, -0.2) is 0 Å². The highest BCUT2D eigenvalue weighted by molar-refractivity contribution is 7.99. The molecule has 0 radical (unpaired) electrons. The molecule has 0 aliphatic rings. The van der Waals surface area contributed by atoms with E-state index < -0.39 is 0 Å². The molecular formula is C14H21NOS. The van der Waals surface area contributed by atoms with E-state index in [-0.39, 0.29) is 5.78 Å². The van der Waals surface area contributed by atoms with Gasteiger partial charge in [0.2, 0.25) is 0 Å². The molecule has 0 saturated heterocycles. The Morgan fingerprint density at radius 3 is 2.29 bits per heavy atom. The molecule has 17 heavy (non-hydrogen) atoms. The molecule has 0 N–H and O–H groups in total. The molecule has 2 nitrogen and oxygen atoms in total. The molecule has 3 heteroatoms. The fourth-order valence-corrected chi connectivity index (χ4v) is 2.25. The first-order valence-corrected chi connectivity index (χ1v) is 6.97. The Bertz CT molecular complexity index is 357. The summed E-state index contributed by atoms with van der Waals surface area (Å²) in [6, 6.07) is 7.81. The molecule has 0 aromatic heterocycles. The molecule has 0 unspecified atom stereocenters. The van der Waals surface area contributed by atoms with Gasteiger partial charge in [0.15, 0.2) is 5.78 Å². The molecule has 0 aliphatic heterocycles. The molecular weight excluding hydrogens is 230 g/mol. The monoisotopic (exact) mass is 251 g/mol. The van der Waals surface area contributed by atoms with Gasteiger partial charge in [-0.2, -0.15) is 11.8 Å². The molecule has 1 aromatic carbocycles. The standard InChI is InChI=1S/C14H21NOS/c1-11(2)17-10-9-14(16)12-5-7-13(8-6-12)15(3)4/h5-8,11H,9-10H2,1-4H3. The summed E-state index contributed by atoms with van der Waals surface area (Å²) in [6.07, 6.45) is 0.629. The average Bonchev–Trinajstić information content (AvgIpc) is 2.28. The topological polar surface area (TPSA) is 20.3 Å². The molecule has 1 rings (SSSR count). The summed E-state index contributed by atoms with van der Waals surface area (Å²) in [4.78, 5) is 13.9. The third-order valence-corrected chi connectivity index (χ3v) is 3.59. The van der Waals surface area contributed by atoms with E-state index in [4.69, 9.17) is 0 Å². The smallest absolute Gasteiger partial charge is 0.163 e. The SMILES string of the molecule is CC(C)SCCC(=O)c1ccc(N(C)C)cc1. The van der Waals surface area contributed by atoms with Crippen molar-refractivity contribution in [2.45, 2.75) is 25.5 Å². The molecule has 0 spiro atoms. The largest absolute Gasteiger partial charge is 0.378 e. The number of hydrogen-bond acceptors (Lipinski definition) is 3. The van der Waals surface area contributed by atoms with Gasteiger partial charge in [-0.1, -0.05) is 13.8 Å². The maximum atomic E-state index is 11.9. The predicted octanol–water partition coefficient (Wildman–Crippen LogP) is 3.47. The molecule has 0 heterocycles. The molecule has 0 amide bonds. The Labute approximate surface area is 108 Å². The Morgan fingerprint density at radius 1 is 1.24 bits per heavy atom. The second kappa shape index (κ2) is 6.70. The van der Waals surface area contributed by atoms with Gasteiger partial charge < -0.3 is 4.90 Å². The van der Waals surface area contributed by atoms with Crippen molar-refractivity contribution in [3.05, 3.63) is 29.8 Å². The van der Waals surface area contributed by atoms with Crippen molar-refractivity contribution in [1.82, 2.24) is 0 Å². The van der Waals surface area contributed by atoms with Gasteiger partial charge in [-0.15, -0.1) is 0 Å². The van der Waals surface area contributed by atoms with E-state index in [2.05, 4.69) is 13.8 Å². The van der Waals surface area contributed by atoms with Crippen LogP contribution in [0.4, 0.5) is 5.69 Å². The predicted molar refractivity (Wildman–Crippen MR) is 77.3 cm³/mol. The van der Waals surface area contributed by atoms with Gasteiger partial charge in [0.1, 0.15) is 0 Å². The summed E-state index contributed by atoms with van der Waals surface area (Å²) < 4.78 is 0. The second-order valence-corrected chi connectivity index (χ2v) is 6.22. The quantitative estimate of drug-likeness (QED) is 0.722. The van der Waals surface area contributed by atoms with E-state index >= 15 is 0 Å². The van der Waals surface area contributed by atoms with Crippen molar-refractivity contribution in [1.29, 1.82) is 0 Å². The zero-order valence-corrected chi connectivity index (χ0v) is 11.9. The van der Waals surface area contributed by atoms with Crippen LogP contribution in [0, 0.1) is 0 Å². The minimum Gasteiger partial charge on any atom is -0.378 e. The minimum absolute atomic E-state index is 0.239. The fourth-order valence-electron chi connectivity index (χ4n) is 1.48. The van der Waals surface area contributed by atoms with Crippen LogP contribution in [0.25, 0.3) is 0 Å². The zero-order valence-electron chi connectivity index (χ0n) is 11.1. The van der Waals surface area contributed by atoms with Crippen LogP contribution in [0.15, 0.2) is 24.3 Å². The maximum absolute atomic E-state index is 11.9.